The minimum atomic E-state index is -0.881. The molecule has 48 heavy (non-hydrogen) atoms. The molecular weight excluding hydrogens is 757 g/mol. The van der Waals surface area contributed by atoms with Crippen LogP contribution in [0.2, 0.25) is 0 Å². The Bertz CT molecular complexity index is 604. The van der Waals surface area contributed by atoms with E-state index in [2.05, 4.69) is 75.8 Å². The lowest BCUT2D eigenvalue weighted by Gasteiger charge is -2.24. The molecule has 0 aromatic rings. The monoisotopic (exact) mass is 814 g/mol. The van der Waals surface area contributed by atoms with E-state index in [1.165, 1.54) is 0 Å². The summed E-state index contributed by atoms with van der Waals surface area (Å²) in [5.41, 5.74) is -1.33. The molecule has 0 aromatic heterocycles. The van der Waals surface area contributed by atoms with E-state index in [1.54, 1.807) is 20.8 Å². The first-order valence-corrected chi connectivity index (χ1v) is 17.1. The van der Waals surface area contributed by atoms with Crippen LogP contribution in [0.1, 0.15) is 66.7 Å². The third kappa shape index (κ3) is 71.3. The Morgan fingerprint density at radius 1 is 0.417 bits per heavy atom. The normalized spacial score (nSPS) is 9.19. The van der Waals surface area contributed by atoms with Gasteiger partial charge in [-0.05, 0) is 12.8 Å². The molecule has 0 amide bonds. The van der Waals surface area contributed by atoms with Crippen molar-refractivity contribution in [1.29, 1.82) is 0 Å². The minimum Gasteiger partial charge on any atom is -0.481 e. The van der Waals surface area contributed by atoms with Gasteiger partial charge in [-0.3, -0.25) is 28.8 Å². The highest BCUT2D eigenvalue weighted by Gasteiger charge is 2.25. The summed E-state index contributed by atoms with van der Waals surface area (Å²) in [5.74, 6) is -2.89. The molecule has 0 unspecified atom stereocenters. The first-order valence-electron chi connectivity index (χ1n) is 13.9. The predicted octanol–water partition coefficient (Wildman–Crippen LogP) is 1.28. The largest absolute Gasteiger partial charge is 0.481 e. The van der Waals surface area contributed by atoms with E-state index < -0.39 is 28.7 Å². The van der Waals surface area contributed by atoms with Gasteiger partial charge in [0.15, 0.2) is 15.3 Å². The number of rotatable bonds is 14. The molecule has 0 aliphatic rings. The molecule has 0 aliphatic heterocycles. The molecule has 0 aromatic carbocycles. The average Bonchev–Trinajstić information content (AvgIpc) is 3.09. The summed E-state index contributed by atoms with van der Waals surface area (Å²) < 4.78 is 0. The van der Waals surface area contributed by atoms with Crippen molar-refractivity contribution < 1.29 is 74.7 Å². The van der Waals surface area contributed by atoms with Gasteiger partial charge < -0.3 is 46.0 Å². The number of thiol groups is 6. The van der Waals surface area contributed by atoms with Crippen LogP contribution in [0.25, 0.3) is 0 Å². The Morgan fingerprint density at radius 3 is 0.521 bits per heavy atom. The highest BCUT2D eigenvalue weighted by Crippen LogP contribution is 2.18. The van der Waals surface area contributed by atoms with Crippen LogP contribution in [0.3, 0.4) is 0 Å². The van der Waals surface area contributed by atoms with Gasteiger partial charge in [0.05, 0.1) is 56.9 Å². The maximum atomic E-state index is 9.68. The van der Waals surface area contributed by atoms with Crippen LogP contribution in [0.15, 0.2) is 0 Å². The number of hydrogen-bond acceptors (Lipinski definition) is 15. The molecule has 0 aliphatic carbocycles. The van der Waals surface area contributed by atoms with Crippen LogP contribution in [-0.4, -0.2) is 136 Å². The molecule has 9 N–H and O–H groups in total. The highest BCUT2D eigenvalue weighted by molar-refractivity contribution is 7.97. The van der Waals surface area contributed by atoms with E-state index in [0.717, 1.165) is 0 Å². The molecule has 292 valence electrons. The molecule has 0 spiro atoms. The Hall–Kier alpha value is -0.720. The van der Waals surface area contributed by atoms with Crippen molar-refractivity contribution in [2.24, 2.45) is 10.8 Å². The first kappa shape index (κ1) is 65.6. The van der Waals surface area contributed by atoms with E-state index in [-0.39, 0.29) is 72.2 Å². The maximum absolute atomic E-state index is 9.68. The molecule has 15 nitrogen and oxygen atoms in total. The topological polar surface area (TPSA) is 284 Å². The van der Waals surface area contributed by atoms with Crippen molar-refractivity contribution in [2.45, 2.75) is 66.7 Å². The Morgan fingerprint density at radius 2 is 0.521 bits per heavy atom. The van der Waals surface area contributed by atoms with E-state index in [1.807, 2.05) is 13.8 Å². The molecule has 21 heteroatoms. The molecule has 0 saturated carbocycles. The fourth-order valence-electron chi connectivity index (χ4n) is 0.971. The van der Waals surface area contributed by atoms with Crippen LogP contribution in [0, 0.1) is 10.8 Å². The maximum Gasteiger partial charge on any atom is 0.313 e. The molecule has 0 atom stereocenters. The van der Waals surface area contributed by atoms with Crippen LogP contribution < -0.4 is 0 Å². The van der Waals surface area contributed by atoms with Crippen molar-refractivity contribution >= 4 is 109 Å². The van der Waals surface area contributed by atoms with Gasteiger partial charge in [0, 0.05) is 30.1 Å². The zero-order valence-electron chi connectivity index (χ0n) is 28.1. The van der Waals surface area contributed by atoms with Crippen LogP contribution in [-0.2, 0) is 28.8 Å². The van der Waals surface area contributed by atoms with Crippen molar-refractivity contribution in [3.05, 3.63) is 0 Å². The number of carbonyl (C=O) groups excluding carboxylic acids is 3. The zero-order valence-corrected chi connectivity index (χ0v) is 33.4. The van der Waals surface area contributed by atoms with E-state index >= 15 is 0 Å². The SMILES string of the molecule is CCC(=O)S.CCC(=O)S.CCC(=O)S.CCC(CO)(CO)CO.CCC(CO)(CO)CO.O=C(O)CS.O=C(O)CS.O=C(O)CS. The van der Waals surface area contributed by atoms with Crippen molar-refractivity contribution in [3.63, 3.8) is 0 Å². The summed E-state index contributed by atoms with van der Waals surface area (Å²) in [7, 11) is 0. The van der Waals surface area contributed by atoms with Gasteiger partial charge in [-0.2, -0.15) is 37.9 Å². The Kier molecular flexibility index (Phi) is 69.3. The molecule has 0 fully saturated rings. The molecule has 0 rings (SSSR count). The predicted molar refractivity (Wildman–Crippen MR) is 205 cm³/mol. The third-order valence-corrected chi connectivity index (χ3v) is 6.59. The second-order valence-electron chi connectivity index (χ2n) is 8.55. The van der Waals surface area contributed by atoms with E-state index in [4.69, 9.17) is 46.0 Å². The average molecular weight is 815 g/mol. The van der Waals surface area contributed by atoms with Gasteiger partial charge in [0.2, 0.25) is 0 Å². The summed E-state index contributed by atoms with van der Waals surface area (Å²) in [6.45, 7) is 8.03. The quantitative estimate of drug-likeness (QED) is 0.110. The summed E-state index contributed by atoms with van der Waals surface area (Å²) in [6, 6.07) is 0. The van der Waals surface area contributed by atoms with Gasteiger partial charge in [-0.25, -0.2) is 0 Å². The molecule has 0 saturated heterocycles. The number of carboxylic acid groups (broad SMARTS) is 3. The molecular formula is C27H58O15S6. The summed E-state index contributed by atoms with van der Waals surface area (Å²) in [5, 5.41) is 74.7. The van der Waals surface area contributed by atoms with Gasteiger partial charge >= 0.3 is 17.9 Å². The smallest absolute Gasteiger partial charge is 0.313 e. The first-order chi connectivity index (χ1) is 22.1. The van der Waals surface area contributed by atoms with Crippen molar-refractivity contribution in [2.75, 3.05) is 56.9 Å². The Labute approximate surface area is 316 Å². The van der Waals surface area contributed by atoms with E-state index in [9.17, 15) is 28.8 Å². The summed E-state index contributed by atoms with van der Waals surface area (Å²) in [4.78, 5) is 56.9. The Balaban J connectivity index is -0.0000000646. The van der Waals surface area contributed by atoms with Crippen LogP contribution in [0.5, 0.6) is 0 Å². The number of aliphatic hydroxyl groups is 6. The zero-order chi connectivity index (χ0) is 40.4. The van der Waals surface area contributed by atoms with Crippen molar-refractivity contribution in [1.82, 2.24) is 0 Å². The van der Waals surface area contributed by atoms with Gasteiger partial charge in [-0.15, -0.1) is 37.9 Å². The molecule has 0 radical (unpaired) electrons. The van der Waals surface area contributed by atoms with Gasteiger partial charge in [0.1, 0.15) is 0 Å². The lowest BCUT2D eigenvalue weighted by atomic mass is 9.88. The lowest BCUT2D eigenvalue weighted by molar-refractivity contribution is -0.134. The van der Waals surface area contributed by atoms with Crippen molar-refractivity contribution in [3.8, 4) is 0 Å². The fraction of sp³-hybridized carbons (Fsp3) is 0.778. The standard InChI is InChI=1S/2C6H14O3.3C3H6OS.3C2H4O2S/c2*1-2-6(3-7,4-8)5-9;3*1-2-3(4)5;3*3-2(4)1-5/h2*7-9H,2-5H2,1H3;3*2H2,1H3,(H,4,5);3*5H,1H2,(H,3,4). The number of aliphatic hydroxyl groups excluding tert-OH is 6. The second-order valence-corrected chi connectivity index (χ2v) is 11.0. The number of carboxylic acids is 3. The van der Waals surface area contributed by atoms with Crippen LogP contribution >= 0.6 is 75.8 Å². The second kappa shape index (κ2) is 50.7. The minimum absolute atomic E-state index is 0.0509. The fourth-order valence-corrected chi connectivity index (χ4v) is 0.971. The van der Waals surface area contributed by atoms with Crippen LogP contribution in [0.4, 0.5) is 0 Å². The summed E-state index contributed by atoms with van der Waals surface area (Å²) in [6.07, 6.45) is 2.78. The lowest BCUT2D eigenvalue weighted by Crippen LogP contribution is -2.32. The van der Waals surface area contributed by atoms with Gasteiger partial charge in [-0.1, -0.05) is 34.6 Å². The number of hydrogen-bond donors (Lipinski definition) is 15. The highest BCUT2D eigenvalue weighted by atomic mass is 32.1. The van der Waals surface area contributed by atoms with Gasteiger partial charge in [0.25, 0.3) is 0 Å². The number of aliphatic carboxylic acids is 3. The van der Waals surface area contributed by atoms with E-state index in [0.29, 0.717) is 32.1 Å². The third-order valence-electron chi connectivity index (χ3n) is 4.83. The number of carbonyl (C=O) groups is 6. The summed E-state index contributed by atoms with van der Waals surface area (Å²) >= 11 is 20.6. The molecule has 0 heterocycles. The molecule has 0 bridgehead atoms.